The number of amides is 3. The lowest BCUT2D eigenvalue weighted by atomic mass is 10.0. The molecule has 0 N–H and O–H groups in total. The number of aryl methyl sites for hydroxylation is 1. The number of carbonyl (C=O) groups excluding carboxylic acids is 2. The van der Waals surface area contributed by atoms with Crippen LogP contribution < -0.4 is 14.4 Å². The molecule has 2 aromatic carbocycles. The average Bonchev–Trinajstić information content (AvgIpc) is 3.01. The van der Waals surface area contributed by atoms with Gasteiger partial charge >= 0.3 is 6.03 Å². The number of carbonyl (C=O) groups is 2. The SMILES string of the molecule is Cc1cc(OCCCN2C(=O)N(c3ccc(C#N)c(Cl)c3)C(=O)C2(C)C)ccc1-c1cc[n+]([O-])cc1. The molecule has 1 aliphatic heterocycles. The summed E-state index contributed by atoms with van der Waals surface area (Å²) >= 11 is 6.12. The molecule has 1 saturated heterocycles. The first-order valence-corrected chi connectivity index (χ1v) is 11.8. The van der Waals surface area contributed by atoms with Crippen LogP contribution >= 0.6 is 11.6 Å². The summed E-state index contributed by atoms with van der Waals surface area (Å²) < 4.78 is 6.65. The van der Waals surface area contributed by atoms with Gasteiger partial charge in [-0.05, 0) is 74.2 Å². The zero-order valence-electron chi connectivity index (χ0n) is 20.2. The van der Waals surface area contributed by atoms with Crippen LogP contribution in [0.5, 0.6) is 5.75 Å². The number of anilines is 1. The molecule has 184 valence electrons. The third-order valence-electron chi connectivity index (χ3n) is 6.26. The van der Waals surface area contributed by atoms with E-state index in [2.05, 4.69) is 0 Å². The van der Waals surface area contributed by atoms with Gasteiger partial charge in [-0.1, -0.05) is 17.7 Å². The number of hydrogen-bond donors (Lipinski definition) is 0. The Bertz CT molecular complexity index is 1370. The van der Waals surface area contributed by atoms with Gasteiger partial charge in [0.1, 0.15) is 17.4 Å². The zero-order chi connectivity index (χ0) is 26.0. The van der Waals surface area contributed by atoms with Gasteiger partial charge in [-0.25, -0.2) is 9.69 Å². The van der Waals surface area contributed by atoms with Crippen molar-refractivity contribution in [1.29, 1.82) is 5.26 Å². The number of ether oxygens (including phenoxy) is 1. The summed E-state index contributed by atoms with van der Waals surface area (Å²) in [6.07, 6.45) is 3.44. The molecule has 1 aromatic heterocycles. The molecule has 36 heavy (non-hydrogen) atoms. The van der Waals surface area contributed by atoms with E-state index in [0.717, 1.165) is 26.3 Å². The topological polar surface area (TPSA) is 101 Å². The van der Waals surface area contributed by atoms with Crippen LogP contribution in [0.4, 0.5) is 10.5 Å². The number of pyridine rings is 1. The van der Waals surface area contributed by atoms with E-state index < -0.39 is 11.6 Å². The number of hydrogen-bond acceptors (Lipinski definition) is 5. The molecular formula is C27H25ClN4O4. The third kappa shape index (κ3) is 4.70. The van der Waals surface area contributed by atoms with E-state index in [-0.39, 0.29) is 16.5 Å². The van der Waals surface area contributed by atoms with Crippen molar-refractivity contribution in [2.45, 2.75) is 32.7 Å². The quantitative estimate of drug-likeness (QED) is 0.198. The van der Waals surface area contributed by atoms with Crippen molar-refractivity contribution in [1.82, 2.24) is 4.90 Å². The molecular weight excluding hydrogens is 480 g/mol. The Morgan fingerprint density at radius 2 is 1.83 bits per heavy atom. The number of aromatic nitrogens is 1. The van der Waals surface area contributed by atoms with Crippen LogP contribution in [0.3, 0.4) is 0 Å². The Hall–Kier alpha value is -4.09. The monoisotopic (exact) mass is 504 g/mol. The van der Waals surface area contributed by atoms with Crippen LogP contribution in [0.2, 0.25) is 5.02 Å². The Labute approximate surface area is 214 Å². The normalized spacial score (nSPS) is 14.8. The van der Waals surface area contributed by atoms with Gasteiger partial charge in [0.2, 0.25) is 0 Å². The van der Waals surface area contributed by atoms with Crippen LogP contribution in [0, 0.1) is 23.5 Å². The van der Waals surface area contributed by atoms with Crippen molar-refractivity contribution in [3.8, 4) is 22.9 Å². The third-order valence-corrected chi connectivity index (χ3v) is 6.57. The summed E-state index contributed by atoms with van der Waals surface area (Å²) in [6.45, 7) is 6.07. The van der Waals surface area contributed by atoms with Gasteiger partial charge in [0, 0.05) is 18.7 Å². The van der Waals surface area contributed by atoms with Crippen molar-refractivity contribution in [3.63, 3.8) is 0 Å². The largest absolute Gasteiger partial charge is 0.619 e. The van der Waals surface area contributed by atoms with Gasteiger partial charge in [0.25, 0.3) is 5.91 Å². The van der Waals surface area contributed by atoms with E-state index in [1.165, 1.54) is 29.4 Å². The molecule has 1 fully saturated rings. The molecule has 0 atom stereocenters. The maximum absolute atomic E-state index is 13.2. The zero-order valence-corrected chi connectivity index (χ0v) is 21.0. The fraction of sp³-hybridized carbons (Fsp3) is 0.259. The van der Waals surface area contributed by atoms with Gasteiger partial charge in [-0.2, -0.15) is 9.99 Å². The van der Waals surface area contributed by atoms with Crippen LogP contribution in [0.25, 0.3) is 11.1 Å². The van der Waals surface area contributed by atoms with Crippen molar-refractivity contribution in [3.05, 3.63) is 82.3 Å². The van der Waals surface area contributed by atoms with E-state index in [1.54, 1.807) is 32.0 Å². The Morgan fingerprint density at radius 1 is 1.11 bits per heavy atom. The number of nitriles is 1. The van der Waals surface area contributed by atoms with Gasteiger partial charge in [0.05, 0.1) is 22.9 Å². The van der Waals surface area contributed by atoms with Crippen LogP contribution in [-0.4, -0.2) is 35.5 Å². The predicted molar refractivity (Wildman–Crippen MR) is 136 cm³/mol. The molecule has 0 spiro atoms. The maximum atomic E-state index is 13.2. The lowest BCUT2D eigenvalue weighted by Crippen LogP contribution is -2.44. The summed E-state index contributed by atoms with van der Waals surface area (Å²) in [5, 5.41) is 20.5. The number of halogens is 1. The van der Waals surface area contributed by atoms with E-state index in [0.29, 0.717) is 31.0 Å². The molecule has 0 bridgehead atoms. The molecule has 0 radical (unpaired) electrons. The second-order valence-corrected chi connectivity index (χ2v) is 9.44. The Kier molecular flexibility index (Phi) is 6.86. The Morgan fingerprint density at radius 3 is 2.47 bits per heavy atom. The van der Waals surface area contributed by atoms with Crippen molar-refractivity contribution in [2.75, 3.05) is 18.1 Å². The highest BCUT2D eigenvalue weighted by molar-refractivity contribution is 6.32. The first kappa shape index (κ1) is 25.0. The average molecular weight is 505 g/mol. The molecule has 2 heterocycles. The number of urea groups is 1. The minimum absolute atomic E-state index is 0.183. The van der Waals surface area contributed by atoms with Crippen LogP contribution in [0.1, 0.15) is 31.4 Å². The number of benzene rings is 2. The number of rotatable bonds is 7. The van der Waals surface area contributed by atoms with Gasteiger partial charge in [-0.3, -0.25) is 4.79 Å². The molecule has 0 aliphatic carbocycles. The maximum Gasteiger partial charge on any atom is 0.332 e. The minimum atomic E-state index is -1.03. The summed E-state index contributed by atoms with van der Waals surface area (Å²) in [6, 6.07) is 15.3. The standard InChI is InChI=1S/C27H25ClN4O4/c1-18-15-22(7-8-23(18)19-9-12-30(35)13-10-19)36-14-4-11-31-26(34)32(25(33)27(31,2)3)21-6-5-20(17-29)24(28)16-21/h5-10,12-13,15-16H,4,11,14H2,1-3H3. The first-order valence-electron chi connectivity index (χ1n) is 11.4. The molecule has 4 rings (SSSR count). The summed E-state index contributed by atoms with van der Waals surface area (Å²) in [7, 11) is 0. The second-order valence-electron chi connectivity index (χ2n) is 9.04. The molecule has 1 aliphatic rings. The summed E-state index contributed by atoms with van der Waals surface area (Å²) in [5.41, 5.74) is 2.53. The fourth-order valence-corrected chi connectivity index (χ4v) is 4.44. The number of imide groups is 1. The van der Waals surface area contributed by atoms with Crippen molar-refractivity contribution >= 4 is 29.2 Å². The van der Waals surface area contributed by atoms with E-state index in [1.807, 2.05) is 31.2 Å². The highest BCUT2D eigenvalue weighted by atomic mass is 35.5. The molecule has 3 amide bonds. The molecule has 0 unspecified atom stereocenters. The predicted octanol–water partition coefficient (Wildman–Crippen LogP) is 4.84. The molecule has 9 heteroatoms. The lowest BCUT2D eigenvalue weighted by Gasteiger charge is -2.27. The lowest BCUT2D eigenvalue weighted by molar-refractivity contribution is -0.605. The van der Waals surface area contributed by atoms with Crippen LogP contribution in [0.15, 0.2) is 60.9 Å². The fourth-order valence-electron chi connectivity index (χ4n) is 4.23. The van der Waals surface area contributed by atoms with Gasteiger partial charge in [-0.15, -0.1) is 0 Å². The molecule has 3 aromatic rings. The minimum Gasteiger partial charge on any atom is -0.619 e. The second kappa shape index (κ2) is 9.88. The van der Waals surface area contributed by atoms with E-state index in [9.17, 15) is 14.8 Å². The summed E-state index contributed by atoms with van der Waals surface area (Å²) in [4.78, 5) is 28.9. The first-order chi connectivity index (χ1) is 17.1. The molecule has 8 nitrogen and oxygen atoms in total. The molecule has 0 saturated carbocycles. The van der Waals surface area contributed by atoms with E-state index in [4.69, 9.17) is 21.6 Å². The highest BCUT2D eigenvalue weighted by Gasteiger charge is 2.51. The van der Waals surface area contributed by atoms with Crippen molar-refractivity contribution < 1.29 is 19.1 Å². The van der Waals surface area contributed by atoms with Crippen molar-refractivity contribution in [2.24, 2.45) is 0 Å². The smallest absolute Gasteiger partial charge is 0.332 e. The van der Waals surface area contributed by atoms with Gasteiger partial charge in [0.15, 0.2) is 12.4 Å². The Balaban J connectivity index is 1.39. The van der Waals surface area contributed by atoms with Gasteiger partial charge < -0.3 is 14.8 Å². The highest BCUT2D eigenvalue weighted by Crippen LogP contribution is 2.34. The van der Waals surface area contributed by atoms with E-state index >= 15 is 0 Å². The van der Waals surface area contributed by atoms with Crippen LogP contribution in [-0.2, 0) is 4.79 Å². The number of nitrogens with zero attached hydrogens (tertiary/aromatic N) is 4. The summed E-state index contributed by atoms with van der Waals surface area (Å²) in [5.74, 6) is 0.340.